The lowest BCUT2D eigenvalue weighted by Crippen LogP contribution is -2.39. The van der Waals surface area contributed by atoms with Crippen LogP contribution in [0.2, 0.25) is 0 Å². The van der Waals surface area contributed by atoms with Crippen LogP contribution in [0.4, 0.5) is 0 Å². The molecule has 0 unspecified atom stereocenters. The molecule has 6 heteroatoms. The minimum atomic E-state index is 0.0857. The molecule has 0 N–H and O–H groups in total. The summed E-state index contributed by atoms with van der Waals surface area (Å²) in [5.74, 6) is 0.0947. The molecule has 0 aliphatic carbocycles. The number of benzene rings is 1. The molecule has 146 valence electrons. The second kappa shape index (κ2) is 7.87. The maximum Gasteiger partial charge on any atom is 0.266 e. The monoisotopic (exact) mass is 394 g/mol. The molecule has 28 heavy (non-hydrogen) atoms. The molecule has 1 saturated heterocycles. The highest BCUT2D eigenvalue weighted by atomic mass is 32.1. The van der Waals surface area contributed by atoms with Crippen LogP contribution in [0.5, 0.6) is 0 Å². The summed E-state index contributed by atoms with van der Waals surface area (Å²) in [6.07, 6.45) is 5.99. The van der Waals surface area contributed by atoms with Crippen molar-refractivity contribution in [3.05, 3.63) is 58.4 Å². The van der Waals surface area contributed by atoms with E-state index < -0.39 is 0 Å². The molecule has 1 aliphatic rings. The lowest BCUT2D eigenvalue weighted by molar-refractivity contribution is 0.0605. The van der Waals surface area contributed by atoms with Gasteiger partial charge >= 0.3 is 0 Å². The summed E-state index contributed by atoms with van der Waals surface area (Å²) in [5.41, 5.74) is 4.30. The SMILES string of the molecule is CCc1ccc(-c2nc(C)c(C(=O)N3CCCC[C@@H]3c3ccnn3C)s2)cc1. The molecule has 0 spiro atoms. The van der Waals surface area contributed by atoms with Crippen LogP contribution < -0.4 is 0 Å². The summed E-state index contributed by atoms with van der Waals surface area (Å²) in [6, 6.07) is 10.6. The van der Waals surface area contributed by atoms with E-state index >= 15 is 0 Å². The van der Waals surface area contributed by atoms with Crippen molar-refractivity contribution in [3.8, 4) is 10.6 Å². The zero-order valence-electron chi connectivity index (χ0n) is 16.7. The van der Waals surface area contributed by atoms with Crippen molar-refractivity contribution in [2.24, 2.45) is 7.05 Å². The summed E-state index contributed by atoms with van der Waals surface area (Å²) in [6.45, 7) is 4.87. The van der Waals surface area contributed by atoms with Gasteiger partial charge in [-0.05, 0) is 44.2 Å². The first-order valence-electron chi connectivity index (χ1n) is 9.94. The predicted molar refractivity (Wildman–Crippen MR) is 113 cm³/mol. The van der Waals surface area contributed by atoms with Crippen molar-refractivity contribution < 1.29 is 4.79 Å². The fraction of sp³-hybridized carbons (Fsp3) is 0.409. The van der Waals surface area contributed by atoms with Crippen LogP contribution in [0.25, 0.3) is 10.6 Å². The molecule has 2 aromatic heterocycles. The van der Waals surface area contributed by atoms with Gasteiger partial charge in [-0.25, -0.2) is 4.98 Å². The van der Waals surface area contributed by atoms with E-state index in [1.165, 1.54) is 16.9 Å². The molecule has 1 amide bonds. The highest BCUT2D eigenvalue weighted by Crippen LogP contribution is 2.35. The number of hydrogen-bond acceptors (Lipinski definition) is 4. The first kappa shape index (κ1) is 18.9. The highest BCUT2D eigenvalue weighted by molar-refractivity contribution is 7.17. The molecule has 3 heterocycles. The molecule has 1 aromatic carbocycles. The van der Waals surface area contributed by atoms with Crippen molar-refractivity contribution in [3.63, 3.8) is 0 Å². The largest absolute Gasteiger partial charge is 0.329 e. The standard InChI is InChI=1S/C22H26N4OS/c1-4-16-8-10-17(11-9-16)21-24-15(2)20(28-21)22(27)26-14-6-5-7-19(26)18-12-13-23-25(18)3/h8-13,19H,4-7,14H2,1-3H3/t19-/m1/s1. The fourth-order valence-electron chi connectivity index (χ4n) is 3.92. The zero-order chi connectivity index (χ0) is 19.7. The number of nitrogens with zero attached hydrogens (tertiary/aromatic N) is 4. The number of rotatable bonds is 4. The van der Waals surface area contributed by atoms with Gasteiger partial charge in [0.25, 0.3) is 5.91 Å². The molecular weight excluding hydrogens is 368 g/mol. The van der Waals surface area contributed by atoms with Gasteiger partial charge in [0, 0.05) is 25.4 Å². The first-order chi connectivity index (χ1) is 13.6. The molecule has 0 bridgehead atoms. The molecular formula is C22H26N4OS. The van der Waals surface area contributed by atoms with Crippen molar-refractivity contribution >= 4 is 17.2 Å². The van der Waals surface area contributed by atoms with E-state index in [4.69, 9.17) is 4.98 Å². The number of amides is 1. The highest BCUT2D eigenvalue weighted by Gasteiger charge is 2.32. The van der Waals surface area contributed by atoms with E-state index in [2.05, 4.69) is 36.3 Å². The summed E-state index contributed by atoms with van der Waals surface area (Å²) in [4.78, 5) is 20.9. The Morgan fingerprint density at radius 2 is 2.00 bits per heavy atom. The van der Waals surface area contributed by atoms with Crippen molar-refractivity contribution in [1.82, 2.24) is 19.7 Å². The summed E-state index contributed by atoms with van der Waals surface area (Å²) in [5, 5.41) is 5.22. The summed E-state index contributed by atoms with van der Waals surface area (Å²) in [7, 11) is 1.95. The van der Waals surface area contributed by atoms with Crippen LogP contribution in [-0.2, 0) is 13.5 Å². The maximum atomic E-state index is 13.4. The Hall–Kier alpha value is -2.47. The van der Waals surface area contributed by atoms with Gasteiger partial charge in [-0.15, -0.1) is 11.3 Å². The van der Waals surface area contributed by atoms with Crippen LogP contribution in [0, 0.1) is 6.92 Å². The van der Waals surface area contributed by atoms with E-state index in [9.17, 15) is 4.79 Å². The van der Waals surface area contributed by atoms with Crippen LogP contribution in [0.3, 0.4) is 0 Å². The lowest BCUT2D eigenvalue weighted by atomic mass is 9.99. The number of carbonyl (C=O) groups is 1. The van der Waals surface area contributed by atoms with Crippen LogP contribution in [0.15, 0.2) is 36.5 Å². The van der Waals surface area contributed by atoms with Gasteiger partial charge < -0.3 is 4.90 Å². The molecule has 1 atom stereocenters. The smallest absolute Gasteiger partial charge is 0.266 e. The number of piperidine rings is 1. The maximum absolute atomic E-state index is 13.4. The van der Waals surface area contributed by atoms with Crippen molar-refractivity contribution in [2.45, 2.75) is 45.6 Å². The van der Waals surface area contributed by atoms with Crippen LogP contribution >= 0.6 is 11.3 Å². The number of thiazole rings is 1. The van der Waals surface area contributed by atoms with Crippen LogP contribution in [-0.4, -0.2) is 32.1 Å². The molecule has 4 rings (SSSR count). The van der Waals surface area contributed by atoms with E-state index in [1.807, 2.05) is 35.8 Å². The Balaban J connectivity index is 1.63. The summed E-state index contributed by atoms with van der Waals surface area (Å²) >= 11 is 1.51. The Labute approximate surface area is 170 Å². The van der Waals surface area contributed by atoms with Gasteiger partial charge in [0.15, 0.2) is 0 Å². The Morgan fingerprint density at radius 1 is 1.21 bits per heavy atom. The molecule has 5 nitrogen and oxygen atoms in total. The number of aryl methyl sites for hydroxylation is 3. The average molecular weight is 395 g/mol. The molecule has 1 fully saturated rings. The fourth-order valence-corrected chi connectivity index (χ4v) is 4.95. The van der Waals surface area contributed by atoms with E-state index in [0.717, 1.165) is 59.1 Å². The lowest BCUT2D eigenvalue weighted by Gasteiger charge is -2.35. The van der Waals surface area contributed by atoms with Gasteiger partial charge in [0.1, 0.15) is 9.88 Å². The van der Waals surface area contributed by atoms with E-state index in [1.54, 1.807) is 0 Å². The second-order valence-corrected chi connectivity index (χ2v) is 8.37. The third-order valence-corrected chi connectivity index (χ3v) is 6.76. The summed E-state index contributed by atoms with van der Waals surface area (Å²) < 4.78 is 1.89. The number of likely N-dealkylation sites (tertiary alicyclic amines) is 1. The zero-order valence-corrected chi connectivity index (χ0v) is 17.5. The van der Waals surface area contributed by atoms with E-state index in [0.29, 0.717) is 0 Å². The van der Waals surface area contributed by atoms with E-state index in [-0.39, 0.29) is 11.9 Å². The number of aromatic nitrogens is 3. The topological polar surface area (TPSA) is 51.0 Å². The second-order valence-electron chi connectivity index (χ2n) is 7.37. The molecule has 1 aliphatic heterocycles. The average Bonchev–Trinajstić information content (AvgIpc) is 3.33. The van der Waals surface area contributed by atoms with Crippen molar-refractivity contribution in [1.29, 1.82) is 0 Å². The number of hydrogen-bond donors (Lipinski definition) is 0. The van der Waals surface area contributed by atoms with Gasteiger partial charge in [-0.1, -0.05) is 31.2 Å². The predicted octanol–water partition coefficient (Wildman–Crippen LogP) is 4.78. The van der Waals surface area contributed by atoms with Gasteiger partial charge in [-0.3, -0.25) is 9.48 Å². The normalized spacial score (nSPS) is 17.1. The Bertz CT molecular complexity index is 973. The minimum absolute atomic E-state index is 0.0857. The third-order valence-electron chi connectivity index (χ3n) is 5.56. The first-order valence-corrected chi connectivity index (χ1v) is 10.8. The van der Waals surface area contributed by atoms with Gasteiger partial charge in [-0.2, -0.15) is 5.10 Å². The van der Waals surface area contributed by atoms with Gasteiger partial charge in [0.05, 0.1) is 17.4 Å². The number of carbonyl (C=O) groups excluding carboxylic acids is 1. The van der Waals surface area contributed by atoms with Gasteiger partial charge in [0.2, 0.25) is 0 Å². The quantitative estimate of drug-likeness (QED) is 0.640. The minimum Gasteiger partial charge on any atom is -0.329 e. The molecule has 0 saturated carbocycles. The Morgan fingerprint density at radius 3 is 2.68 bits per heavy atom. The molecule has 3 aromatic rings. The third kappa shape index (κ3) is 3.49. The molecule has 0 radical (unpaired) electrons. The van der Waals surface area contributed by atoms with Crippen LogP contribution in [0.1, 0.15) is 58.9 Å². The Kier molecular flexibility index (Phi) is 5.31. The van der Waals surface area contributed by atoms with Crippen molar-refractivity contribution in [2.75, 3.05) is 6.54 Å².